The maximum atomic E-state index is 12.6. The molecule has 0 aliphatic rings. The van der Waals surface area contributed by atoms with Crippen molar-refractivity contribution in [1.82, 2.24) is 4.98 Å². The Kier molecular flexibility index (Phi) is 2.21. The molecule has 0 fully saturated rings. The van der Waals surface area contributed by atoms with Crippen LogP contribution in [0.1, 0.15) is 0 Å². The van der Waals surface area contributed by atoms with Crippen LogP contribution in [-0.2, 0) is 0 Å². The smallest absolute Gasteiger partial charge is 0.236 e. The van der Waals surface area contributed by atoms with Gasteiger partial charge in [0.05, 0.1) is 5.69 Å². The summed E-state index contributed by atoms with van der Waals surface area (Å²) in [5.74, 6) is -0.481. The molecule has 2 nitrogen and oxygen atoms in total. The van der Waals surface area contributed by atoms with Crippen LogP contribution in [0.3, 0.4) is 0 Å². The van der Waals surface area contributed by atoms with Gasteiger partial charge in [-0.25, -0.2) is 4.98 Å². The van der Waals surface area contributed by atoms with E-state index in [4.69, 9.17) is 0 Å². The first-order chi connectivity index (χ1) is 4.74. The molecular formula is C6H6BrFN2. The summed E-state index contributed by atoms with van der Waals surface area (Å²) in [5.41, 5.74) is 0.398. The van der Waals surface area contributed by atoms with Crippen molar-refractivity contribution in [2.75, 3.05) is 12.4 Å². The Hall–Kier alpha value is -0.640. The minimum atomic E-state index is -0.481. The average molecular weight is 205 g/mol. The van der Waals surface area contributed by atoms with E-state index in [1.807, 2.05) is 0 Å². The second-order valence-corrected chi connectivity index (χ2v) is 2.66. The van der Waals surface area contributed by atoms with Crippen LogP contribution >= 0.6 is 15.9 Å². The largest absolute Gasteiger partial charge is 0.384 e. The van der Waals surface area contributed by atoms with Gasteiger partial charge in [0.25, 0.3) is 0 Å². The van der Waals surface area contributed by atoms with Crippen molar-refractivity contribution in [3.63, 3.8) is 0 Å². The molecule has 0 bridgehead atoms. The van der Waals surface area contributed by atoms with Gasteiger partial charge in [-0.1, -0.05) is 0 Å². The van der Waals surface area contributed by atoms with Gasteiger partial charge in [-0.2, -0.15) is 4.39 Å². The van der Waals surface area contributed by atoms with Gasteiger partial charge in [-0.3, -0.25) is 0 Å². The average Bonchev–Trinajstić information content (AvgIpc) is 1.94. The quantitative estimate of drug-likeness (QED) is 0.709. The van der Waals surface area contributed by atoms with Crippen molar-refractivity contribution in [2.24, 2.45) is 0 Å². The fourth-order valence-electron chi connectivity index (χ4n) is 0.598. The molecule has 1 heterocycles. The summed E-state index contributed by atoms with van der Waals surface area (Å²) >= 11 is 3.17. The highest BCUT2D eigenvalue weighted by Crippen LogP contribution is 2.16. The Morgan fingerprint density at radius 3 is 2.90 bits per heavy atom. The van der Waals surface area contributed by atoms with Crippen LogP contribution < -0.4 is 5.32 Å². The topological polar surface area (TPSA) is 24.9 Å². The zero-order valence-corrected chi connectivity index (χ0v) is 6.94. The monoisotopic (exact) mass is 204 g/mol. The molecule has 1 aromatic heterocycles. The Bertz CT molecular complexity index is 239. The predicted octanol–water partition coefficient (Wildman–Crippen LogP) is 2.02. The van der Waals surface area contributed by atoms with Gasteiger partial charge in [0.15, 0.2) is 0 Å². The lowest BCUT2D eigenvalue weighted by Crippen LogP contribution is -1.94. The maximum absolute atomic E-state index is 12.6. The number of anilines is 1. The third kappa shape index (κ3) is 1.44. The van der Waals surface area contributed by atoms with Crippen molar-refractivity contribution in [2.45, 2.75) is 0 Å². The molecule has 0 atom stereocenters. The predicted molar refractivity (Wildman–Crippen MR) is 41.4 cm³/mol. The van der Waals surface area contributed by atoms with Gasteiger partial charge in [-0.05, 0) is 22.0 Å². The van der Waals surface area contributed by atoms with Crippen LogP contribution in [0.5, 0.6) is 0 Å². The second kappa shape index (κ2) is 2.96. The van der Waals surface area contributed by atoms with Crippen LogP contribution in [0, 0.1) is 5.95 Å². The molecule has 0 unspecified atom stereocenters. The van der Waals surface area contributed by atoms with Crippen molar-refractivity contribution < 1.29 is 4.39 Å². The fraction of sp³-hybridized carbons (Fsp3) is 0.167. The lowest BCUT2D eigenvalue weighted by atomic mass is 10.4. The van der Waals surface area contributed by atoms with Crippen molar-refractivity contribution in [3.8, 4) is 0 Å². The lowest BCUT2D eigenvalue weighted by Gasteiger charge is -1.99. The van der Waals surface area contributed by atoms with Crippen LogP contribution in [0.15, 0.2) is 16.7 Å². The zero-order valence-electron chi connectivity index (χ0n) is 5.36. The molecule has 0 amide bonds. The van der Waals surface area contributed by atoms with Crippen LogP contribution in [0.2, 0.25) is 0 Å². The molecule has 0 aliphatic heterocycles. The minimum Gasteiger partial charge on any atom is -0.384 e. The first kappa shape index (κ1) is 7.47. The molecule has 1 rings (SSSR count). The number of hydrogen-bond donors (Lipinski definition) is 1. The number of hydrogen-bond acceptors (Lipinski definition) is 2. The number of rotatable bonds is 1. The molecule has 1 aromatic rings. The normalized spacial score (nSPS) is 9.50. The number of aromatic nitrogens is 1. The molecule has 1 N–H and O–H groups in total. The number of pyridine rings is 1. The van der Waals surface area contributed by atoms with Gasteiger partial charge in [0, 0.05) is 17.7 Å². The SMILES string of the molecule is CNc1cc(Br)cnc1F. The fourth-order valence-corrected chi connectivity index (χ4v) is 0.929. The van der Waals surface area contributed by atoms with E-state index in [-0.39, 0.29) is 0 Å². The van der Waals surface area contributed by atoms with Crippen molar-refractivity contribution >= 4 is 21.6 Å². The summed E-state index contributed by atoms with van der Waals surface area (Å²) in [6.07, 6.45) is 1.41. The van der Waals surface area contributed by atoms with E-state index in [0.29, 0.717) is 5.69 Å². The molecule has 0 saturated heterocycles. The standard InChI is InChI=1S/C6H6BrFN2/c1-9-5-2-4(7)3-10-6(5)8/h2-3,9H,1H3. The molecule has 0 aromatic carbocycles. The van der Waals surface area contributed by atoms with Gasteiger partial charge < -0.3 is 5.32 Å². The van der Waals surface area contributed by atoms with E-state index in [0.717, 1.165) is 4.47 Å². The summed E-state index contributed by atoms with van der Waals surface area (Å²) in [6, 6.07) is 1.63. The van der Waals surface area contributed by atoms with Gasteiger partial charge in [0.2, 0.25) is 5.95 Å². The van der Waals surface area contributed by atoms with E-state index >= 15 is 0 Å². The summed E-state index contributed by atoms with van der Waals surface area (Å²) in [6.45, 7) is 0. The summed E-state index contributed by atoms with van der Waals surface area (Å²) < 4.78 is 13.3. The molecule has 4 heteroatoms. The Balaban J connectivity index is 3.09. The third-order valence-corrected chi connectivity index (χ3v) is 1.51. The molecule has 0 radical (unpaired) electrons. The zero-order chi connectivity index (χ0) is 7.56. The summed E-state index contributed by atoms with van der Waals surface area (Å²) in [5, 5.41) is 2.67. The second-order valence-electron chi connectivity index (χ2n) is 1.74. The Labute approximate surface area is 66.6 Å². The number of nitrogens with one attached hydrogen (secondary N) is 1. The van der Waals surface area contributed by atoms with Gasteiger partial charge in [-0.15, -0.1) is 0 Å². The number of nitrogens with zero attached hydrogens (tertiary/aromatic N) is 1. The van der Waals surface area contributed by atoms with E-state index < -0.39 is 5.95 Å². The van der Waals surface area contributed by atoms with Crippen LogP contribution in [-0.4, -0.2) is 12.0 Å². The van der Waals surface area contributed by atoms with Gasteiger partial charge >= 0.3 is 0 Å². The van der Waals surface area contributed by atoms with E-state index in [1.54, 1.807) is 13.1 Å². The first-order valence-corrected chi connectivity index (χ1v) is 3.52. The summed E-state index contributed by atoms with van der Waals surface area (Å²) in [4.78, 5) is 3.47. The molecule has 0 spiro atoms. The maximum Gasteiger partial charge on any atom is 0.236 e. The number of halogens is 2. The van der Waals surface area contributed by atoms with Crippen molar-refractivity contribution in [3.05, 3.63) is 22.7 Å². The third-order valence-electron chi connectivity index (χ3n) is 1.08. The lowest BCUT2D eigenvalue weighted by molar-refractivity contribution is 0.587. The van der Waals surface area contributed by atoms with E-state index in [1.165, 1.54) is 6.20 Å². The molecule has 10 heavy (non-hydrogen) atoms. The first-order valence-electron chi connectivity index (χ1n) is 2.73. The Morgan fingerprint density at radius 1 is 1.70 bits per heavy atom. The van der Waals surface area contributed by atoms with Gasteiger partial charge in [0.1, 0.15) is 0 Å². The van der Waals surface area contributed by atoms with Crippen LogP contribution in [0.25, 0.3) is 0 Å². The Morgan fingerprint density at radius 2 is 2.40 bits per heavy atom. The van der Waals surface area contributed by atoms with E-state index in [2.05, 4.69) is 26.2 Å². The molecule has 54 valence electrons. The molecular weight excluding hydrogens is 199 g/mol. The highest BCUT2D eigenvalue weighted by molar-refractivity contribution is 9.10. The highest BCUT2D eigenvalue weighted by Gasteiger charge is 1.99. The van der Waals surface area contributed by atoms with Crippen LogP contribution in [0.4, 0.5) is 10.1 Å². The molecule has 0 aliphatic carbocycles. The molecule has 0 saturated carbocycles. The summed E-state index contributed by atoms with van der Waals surface area (Å²) in [7, 11) is 1.65. The van der Waals surface area contributed by atoms with E-state index in [9.17, 15) is 4.39 Å². The minimum absolute atomic E-state index is 0.398. The van der Waals surface area contributed by atoms with Crippen molar-refractivity contribution in [1.29, 1.82) is 0 Å². The highest BCUT2D eigenvalue weighted by atomic mass is 79.9.